The number of halogens is 3. The van der Waals surface area contributed by atoms with E-state index in [1.807, 2.05) is 23.1 Å². The first kappa shape index (κ1) is 26.1. The highest BCUT2D eigenvalue weighted by Crippen LogP contribution is 2.31. The Morgan fingerprint density at radius 2 is 1.84 bits per heavy atom. The fourth-order valence-corrected chi connectivity index (χ4v) is 5.43. The summed E-state index contributed by atoms with van der Waals surface area (Å²) in [5.74, 6) is 0.457. The molecule has 9 heteroatoms. The van der Waals surface area contributed by atoms with Gasteiger partial charge in [0, 0.05) is 34.6 Å². The fraction of sp³-hybridized carbons (Fsp3) is 0.364. The van der Waals surface area contributed by atoms with E-state index in [2.05, 4.69) is 34.7 Å². The van der Waals surface area contributed by atoms with Crippen LogP contribution in [0.4, 0.5) is 9.52 Å². The number of thiazole rings is 1. The number of aromatic nitrogens is 1. The minimum Gasteiger partial charge on any atom is -0.302 e. The van der Waals surface area contributed by atoms with E-state index < -0.39 is 0 Å². The SMILES string of the molecule is CCN(CC)CCN(C(=O)CCSc1ccc(F)cc1)c1nc2ccc(Br)cc2s1.Cl. The summed E-state index contributed by atoms with van der Waals surface area (Å²) >= 11 is 6.61. The molecule has 3 rings (SSSR count). The third-order valence-electron chi connectivity index (χ3n) is 4.80. The number of carbonyl (C=O) groups excluding carboxylic acids is 1. The van der Waals surface area contributed by atoms with Crippen molar-refractivity contribution in [1.82, 2.24) is 9.88 Å². The van der Waals surface area contributed by atoms with Gasteiger partial charge in [-0.1, -0.05) is 41.1 Å². The maximum absolute atomic E-state index is 13.1. The molecule has 0 bridgehead atoms. The van der Waals surface area contributed by atoms with Gasteiger partial charge in [0.25, 0.3) is 0 Å². The molecule has 0 spiro atoms. The molecule has 4 nitrogen and oxygen atoms in total. The molecule has 168 valence electrons. The zero-order valence-corrected chi connectivity index (χ0v) is 21.6. The molecule has 0 aliphatic heterocycles. The Kier molecular flexibility index (Phi) is 10.7. The third kappa shape index (κ3) is 7.43. The number of benzene rings is 2. The third-order valence-corrected chi connectivity index (χ3v) is 7.35. The van der Waals surface area contributed by atoms with Crippen LogP contribution in [-0.4, -0.2) is 47.7 Å². The predicted molar refractivity (Wildman–Crippen MR) is 136 cm³/mol. The number of nitrogens with zero attached hydrogens (tertiary/aromatic N) is 3. The minimum absolute atomic E-state index is 0. The molecule has 0 radical (unpaired) electrons. The first-order chi connectivity index (χ1) is 14.5. The van der Waals surface area contributed by atoms with Crippen LogP contribution in [0.5, 0.6) is 0 Å². The molecule has 0 saturated heterocycles. The second kappa shape index (κ2) is 12.7. The van der Waals surface area contributed by atoms with E-state index in [0.29, 0.717) is 18.7 Å². The van der Waals surface area contributed by atoms with Gasteiger partial charge in [0.2, 0.25) is 5.91 Å². The summed E-state index contributed by atoms with van der Waals surface area (Å²) in [5, 5.41) is 0.743. The Labute approximate surface area is 205 Å². The quantitative estimate of drug-likeness (QED) is 0.273. The molecule has 0 unspecified atom stereocenters. The molecule has 0 saturated carbocycles. The zero-order valence-electron chi connectivity index (χ0n) is 17.5. The van der Waals surface area contributed by atoms with Gasteiger partial charge in [-0.2, -0.15) is 0 Å². The van der Waals surface area contributed by atoms with Gasteiger partial charge in [-0.25, -0.2) is 9.37 Å². The van der Waals surface area contributed by atoms with Crippen molar-refractivity contribution in [3.05, 3.63) is 52.8 Å². The smallest absolute Gasteiger partial charge is 0.229 e. The monoisotopic (exact) mass is 545 g/mol. The van der Waals surface area contributed by atoms with Crippen LogP contribution in [0.2, 0.25) is 0 Å². The van der Waals surface area contributed by atoms with Gasteiger partial charge >= 0.3 is 0 Å². The van der Waals surface area contributed by atoms with Crippen LogP contribution in [0.1, 0.15) is 20.3 Å². The topological polar surface area (TPSA) is 36.4 Å². The molecule has 0 aliphatic rings. The lowest BCUT2D eigenvalue weighted by Crippen LogP contribution is -2.39. The molecule has 0 atom stereocenters. The number of rotatable bonds is 10. The number of likely N-dealkylation sites (N-methyl/N-ethyl adjacent to an activating group) is 1. The van der Waals surface area contributed by atoms with Gasteiger partial charge in [-0.15, -0.1) is 24.2 Å². The van der Waals surface area contributed by atoms with Crippen molar-refractivity contribution >= 4 is 72.7 Å². The van der Waals surface area contributed by atoms with Crippen LogP contribution in [0, 0.1) is 5.82 Å². The molecular weight excluding hydrogens is 521 g/mol. The van der Waals surface area contributed by atoms with Crippen LogP contribution in [-0.2, 0) is 4.79 Å². The molecule has 31 heavy (non-hydrogen) atoms. The highest BCUT2D eigenvalue weighted by Gasteiger charge is 2.20. The van der Waals surface area contributed by atoms with Crippen LogP contribution in [0.25, 0.3) is 10.2 Å². The number of thioether (sulfide) groups is 1. The second-order valence-corrected chi connectivity index (χ2v) is 9.83. The van der Waals surface area contributed by atoms with Crippen LogP contribution in [0.15, 0.2) is 51.8 Å². The Morgan fingerprint density at radius 1 is 1.13 bits per heavy atom. The molecule has 0 fully saturated rings. The average Bonchev–Trinajstić information content (AvgIpc) is 3.15. The summed E-state index contributed by atoms with van der Waals surface area (Å²) in [4.78, 5) is 22.9. The fourth-order valence-electron chi connectivity index (χ4n) is 3.03. The highest BCUT2D eigenvalue weighted by molar-refractivity contribution is 9.10. The lowest BCUT2D eigenvalue weighted by Gasteiger charge is -2.24. The first-order valence-electron chi connectivity index (χ1n) is 9.97. The number of hydrogen-bond donors (Lipinski definition) is 0. The van der Waals surface area contributed by atoms with Crippen molar-refractivity contribution < 1.29 is 9.18 Å². The minimum atomic E-state index is -0.250. The van der Waals surface area contributed by atoms with Crippen molar-refractivity contribution in [3.8, 4) is 0 Å². The number of carbonyl (C=O) groups is 1. The average molecular weight is 547 g/mol. The van der Waals surface area contributed by atoms with E-state index in [0.717, 1.165) is 44.4 Å². The number of fused-ring (bicyclic) bond motifs is 1. The van der Waals surface area contributed by atoms with Crippen LogP contribution >= 0.6 is 51.4 Å². The molecular formula is C22H26BrClFN3OS2. The maximum atomic E-state index is 13.1. The molecule has 0 N–H and O–H groups in total. The Balaban J connectivity index is 0.00000341. The van der Waals surface area contributed by atoms with Gasteiger partial charge in [0.1, 0.15) is 5.82 Å². The van der Waals surface area contributed by atoms with E-state index in [-0.39, 0.29) is 24.1 Å². The van der Waals surface area contributed by atoms with Crippen molar-refractivity contribution in [2.45, 2.75) is 25.2 Å². The standard InChI is InChI=1S/C22H25BrFN3OS2.ClH/c1-3-26(4-2)12-13-27(22-25-19-10-5-16(23)15-20(19)30-22)21(28)11-14-29-18-8-6-17(24)7-9-18;/h5-10,15H,3-4,11-14H2,1-2H3;1H. The van der Waals surface area contributed by atoms with Crippen molar-refractivity contribution in [2.24, 2.45) is 0 Å². The molecule has 1 heterocycles. The molecule has 1 amide bonds. The van der Waals surface area contributed by atoms with Gasteiger partial charge in [-0.3, -0.25) is 9.69 Å². The number of anilines is 1. The van der Waals surface area contributed by atoms with Crippen molar-refractivity contribution in [1.29, 1.82) is 0 Å². The normalized spacial score (nSPS) is 11.0. The lowest BCUT2D eigenvalue weighted by molar-refractivity contribution is -0.118. The van der Waals surface area contributed by atoms with E-state index in [1.165, 1.54) is 12.1 Å². The van der Waals surface area contributed by atoms with Crippen molar-refractivity contribution in [2.75, 3.05) is 36.8 Å². The lowest BCUT2D eigenvalue weighted by atomic mass is 10.3. The number of hydrogen-bond acceptors (Lipinski definition) is 5. The molecule has 3 aromatic rings. The zero-order chi connectivity index (χ0) is 21.5. The largest absolute Gasteiger partial charge is 0.302 e. The predicted octanol–water partition coefficient (Wildman–Crippen LogP) is 6.48. The highest BCUT2D eigenvalue weighted by atomic mass is 79.9. The van der Waals surface area contributed by atoms with Gasteiger partial charge in [-0.05, 0) is 55.6 Å². The number of amides is 1. The van der Waals surface area contributed by atoms with Crippen LogP contribution in [0.3, 0.4) is 0 Å². The summed E-state index contributed by atoms with van der Waals surface area (Å²) in [6.07, 6.45) is 0.403. The molecule has 1 aromatic heterocycles. The summed E-state index contributed by atoms with van der Waals surface area (Å²) in [6, 6.07) is 12.3. The first-order valence-corrected chi connectivity index (χ1v) is 12.6. The van der Waals surface area contributed by atoms with Crippen LogP contribution < -0.4 is 4.90 Å². The Bertz CT molecular complexity index is 983. The summed E-state index contributed by atoms with van der Waals surface area (Å²) in [6.45, 7) is 7.58. The Hall–Kier alpha value is -1.19. The molecule has 0 aliphatic carbocycles. The van der Waals surface area contributed by atoms with Gasteiger partial charge < -0.3 is 4.90 Å². The second-order valence-electron chi connectivity index (χ2n) is 6.73. The van der Waals surface area contributed by atoms with E-state index in [4.69, 9.17) is 4.98 Å². The molecule has 2 aromatic carbocycles. The van der Waals surface area contributed by atoms with E-state index in [9.17, 15) is 9.18 Å². The maximum Gasteiger partial charge on any atom is 0.229 e. The van der Waals surface area contributed by atoms with Gasteiger partial charge in [0.05, 0.1) is 10.2 Å². The summed E-state index contributed by atoms with van der Waals surface area (Å²) in [7, 11) is 0. The Morgan fingerprint density at radius 3 is 2.52 bits per heavy atom. The van der Waals surface area contributed by atoms with E-state index >= 15 is 0 Å². The summed E-state index contributed by atoms with van der Waals surface area (Å²) < 4.78 is 15.1. The van der Waals surface area contributed by atoms with E-state index in [1.54, 1.807) is 35.2 Å². The van der Waals surface area contributed by atoms with Gasteiger partial charge in [0.15, 0.2) is 5.13 Å². The van der Waals surface area contributed by atoms with Crippen molar-refractivity contribution in [3.63, 3.8) is 0 Å². The summed E-state index contributed by atoms with van der Waals surface area (Å²) in [5.41, 5.74) is 0.902.